The zero-order valence-corrected chi connectivity index (χ0v) is 17.5. The van der Waals surface area contributed by atoms with E-state index in [4.69, 9.17) is 16.0 Å². The topological polar surface area (TPSA) is 92.6 Å². The molecule has 0 radical (unpaired) electrons. The average molecular weight is 409 g/mol. The zero-order valence-electron chi connectivity index (χ0n) is 17.5. The van der Waals surface area contributed by atoms with Crippen molar-refractivity contribution in [3.8, 4) is 5.69 Å². The lowest BCUT2D eigenvalue weighted by molar-refractivity contribution is -0.161. The van der Waals surface area contributed by atoms with Gasteiger partial charge in [-0.05, 0) is 57.9 Å². The predicted octanol–water partition coefficient (Wildman–Crippen LogP) is 4.06. The van der Waals surface area contributed by atoms with E-state index in [9.17, 15) is 9.59 Å². The molecule has 0 aliphatic rings. The van der Waals surface area contributed by atoms with E-state index in [1.807, 2.05) is 32.0 Å². The number of ether oxygens (including phenoxy) is 2. The molecule has 2 aromatic heterocycles. The minimum absolute atomic E-state index is 0.118. The van der Waals surface area contributed by atoms with E-state index in [-0.39, 0.29) is 11.6 Å². The fourth-order valence-electron chi connectivity index (χ4n) is 2.74. The van der Waals surface area contributed by atoms with Gasteiger partial charge in [0, 0.05) is 11.6 Å². The van der Waals surface area contributed by atoms with Crippen LogP contribution >= 0.6 is 0 Å². The third-order valence-electron chi connectivity index (χ3n) is 4.34. The largest absolute Gasteiger partial charge is 0.427 e. The monoisotopic (exact) mass is 409 g/mol. The molecule has 3 rings (SSSR count). The summed E-state index contributed by atoms with van der Waals surface area (Å²) in [4.78, 5) is 27.4. The summed E-state index contributed by atoms with van der Waals surface area (Å²) in [6.45, 7) is 16.0. The molecular weight excluding hydrogens is 386 g/mol. The summed E-state index contributed by atoms with van der Waals surface area (Å²) in [5.41, 5.74) is 1.06. The summed E-state index contributed by atoms with van der Waals surface area (Å²) in [5.74, 6) is -0.802. The van der Waals surface area contributed by atoms with Crippen molar-refractivity contribution in [3.05, 3.63) is 47.6 Å². The van der Waals surface area contributed by atoms with Crippen LogP contribution in [0, 0.1) is 12.0 Å². The Morgan fingerprint density at radius 3 is 2.60 bits per heavy atom. The Labute approximate surface area is 174 Å². The maximum absolute atomic E-state index is 12.2. The highest BCUT2D eigenvalue weighted by Gasteiger charge is 2.23. The SMILES string of the molecule is [C-]#[N+]c1nn(C(C)C)c2ccc(-n3cc(C(=O)OCOC(=O)C(C)(C)C)cn3)cc12. The molecule has 2 heterocycles. The molecule has 0 fully saturated rings. The Morgan fingerprint density at radius 2 is 1.97 bits per heavy atom. The van der Waals surface area contributed by atoms with Gasteiger partial charge in [0.15, 0.2) is 0 Å². The molecule has 0 bridgehead atoms. The Morgan fingerprint density at radius 1 is 1.23 bits per heavy atom. The van der Waals surface area contributed by atoms with E-state index < -0.39 is 24.1 Å². The van der Waals surface area contributed by atoms with Gasteiger partial charge in [0.05, 0.1) is 34.4 Å². The molecule has 0 atom stereocenters. The Bertz CT molecular complexity index is 1140. The number of rotatable bonds is 5. The molecule has 0 aliphatic heterocycles. The predicted molar refractivity (Wildman–Crippen MR) is 109 cm³/mol. The van der Waals surface area contributed by atoms with Crippen LogP contribution in [0.5, 0.6) is 0 Å². The van der Waals surface area contributed by atoms with E-state index >= 15 is 0 Å². The average Bonchev–Trinajstić information content (AvgIpc) is 3.31. The molecular formula is C21H23N5O4. The lowest BCUT2D eigenvalue weighted by atomic mass is 9.98. The highest BCUT2D eigenvalue weighted by Crippen LogP contribution is 2.29. The quantitative estimate of drug-likeness (QED) is 0.358. The van der Waals surface area contributed by atoms with Gasteiger partial charge < -0.3 is 14.3 Å². The summed E-state index contributed by atoms with van der Waals surface area (Å²) in [6, 6.07) is 5.64. The lowest BCUT2D eigenvalue weighted by Gasteiger charge is -2.16. The normalized spacial score (nSPS) is 11.5. The number of aromatic nitrogens is 4. The smallest absolute Gasteiger partial charge is 0.344 e. The van der Waals surface area contributed by atoms with Crippen LogP contribution in [0.2, 0.25) is 0 Å². The second kappa shape index (κ2) is 7.99. The molecule has 9 nitrogen and oxygen atoms in total. The van der Waals surface area contributed by atoms with Gasteiger partial charge in [0.25, 0.3) is 0 Å². The molecule has 0 saturated carbocycles. The number of fused-ring (bicyclic) bond motifs is 1. The van der Waals surface area contributed by atoms with Crippen molar-refractivity contribution >= 4 is 28.7 Å². The molecule has 0 N–H and O–H groups in total. The van der Waals surface area contributed by atoms with Gasteiger partial charge >= 0.3 is 17.8 Å². The van der Waals surface area contributed by atoms with Gasteiger partial charge in [-0.2, -0.15) is 9.78 Å². The van der Waals surface area contributed by atoms with Crippen molar-refractivity contribution in [2.24, 2.45) is 5.41 Å². The number of benzene rings is 1. The summed E-state index contributed by atoms with van der Waals surface area (Å²) < 4.78 is 13.2. The van der Waals surface area contributed by atoms with Crippen LogP contribution in [0.4, 0.5) is 5.82 Å². The van der Waals surface area contributed by atoms with Crippen molar-refractivity contribution in [3.63, 3.8) is 0 Å². The van der Waals surface area contributed by atoms with Gasteiger partial charge in [-0.15, -0.1) is 0 Å². The molecule has 30 heavy (non-hydrogen) atoms. The van der Waals surface area contributed by atoms with E-state index in [1.165, 1.54) is 17.1 Å². The second-order valence-corrected chi connectivity index (χ2v) is 8.08. The number of hydrogen-bond acceptors (Lipinski definition) is 6. The third kappa shape index (κ3) is 4.17. The first kappa shape index (κ1) is 21.0. The molecule has 1 aromatic carbocycles. The van der Waals surface area contributed by atoms with Crippen LogP contribution in [0.3, 0.4) is 0 Å². The number of esters is 2. The lowest BCUT2D eigenvalue weighted by Crippen LogP contribution is -2.24. The molecule has 0 aliphatic carbocycles. The zero-order chi connectivity index (χ0) is 22.1. The summed E-state index contributed by atoms with van der Waals surface area (Å²) in [7, 11) is 0. The number of nitrogens with zero attached hydrogens (tertiary/aromatic N) is 5. The van der Waals surface area contributed by atoms with Crippen LogP contribution in [0.1, 0.15) is 51.0 Å². The number of hydrogen-bond donors (Lipinski definition) is 0. The van der Waals surface area contributed by atoms with E-state index in [2.05, 4.69) is 15.0 Å². The first-order chi connectivity index (χ1) is 14.1. The Hall–Kier alpha value is -3.67. The molecule has 156 valence electrons. The van der Waals surface area contributed by atoms with Crippen LogP contribution in [-0.4, -0.2) is 38.3 Å². The number of carbonyl (C=O) groups is 2. The van der Waals surface area contributed by atoms with Crippen molar-refractivity contribution in [2.45, 2.75) is 40.7 Å². The van der Waals surface area contributed by atoms with Crippen molar-refractivity contribution in [2.75, 3.05) is 6.79 Å². The van der Waals surface area contributed by atoms with Crippen LogP contribution in [-0.2, 0) is 14.3 Å². The van der Waals surface area contributed by atoms with E-state index in [0.29, 0.717) is 16.9 Å². The van der Waals surface area contributed by atoms with Gasteiger partial charge in [0.1, 0.15) is 0 Å². The third-order valence-corrected chi connectivity index (χ3v) is 4.34. The highest BCUT2D eigenvalue weighted by molar-refractivity contribution is 5.92. The van der Waals surface area contributed by atoms with Gasteiger partial charge in [-0.25, -0.2) is 9.48 Å². The van der Waals surface area contributed by atoms with Gasteiger partial charge in [-0.1, -0.05) is 6.57 Å². The highest BCUT2D eigenvalue weighted by atomic mass is 16.7. The fraction of sp³-hybridized carbons (Fsp3) is 0.381. The molecule has 0 saturated heterocycles. The van der Waals surface area contributed by atoms with E-state index in [1.54, 1.807) is 25.5 Å². The molecule has 0 unspecified atom stereocenters. The fourth-order valence-corrected chi connectivity index (χ4v) is 2.74. The van der Waals surface area contributed by atoms with Crippen LogP contribution < -0.4 is 0 Å². The van der Waals surface area contributed by atoms with Gasteiger partial charge in [-0.3, -0.25) is 4.79 Å². The minimum Gasteiger partial charge on any atom is -0.427 e. The van der Waals surface area contributed by atoms with E-state index in [0.717, 1.165) is 5.52 Å². The maximum Gasteiger partial charge on any atom is 0.344 e. The first-order valence-electron chi connectivity index (χ1n) is 9.41. The summed E-state index contributed by atoms with van der Waals surface area (Å²) in [5, 5.41) is 9.27. The second-order valence-electron chi connectivity index (χ2n) is 8.08. The molecule has 0 amide bonds. The van der Waals surface area contributed by atoms with Crippen molar-refractivity contribution in [1.29, 1.82) is 0 Å². The maximum atomic E-state index is 12.2. The first-order valence-corrected chi connectivity index (χ1v) is 9.41. The van der Waals surface area contributed by atoms with Crippen LogP contribution in [0.25, 0.3) is 21.4 Å². The molecule has 3 aromatic rings. The summed E-state index contributed by atoms with van der Waals surface area (Å²) in [6.07, 6.45) is 2.88. The Balaban J connectivity index is 1.77. The summed E-state index contributed by atoms with van der Waals surface area (Å²) >= 11 is 0. The number of carbonyl (C=O) groups excluding carboxylic acids is 2. The molecule has 9 heteroatoms. The van der Waals surface area contributed by atoms with Crippen molar-refractivity contribution < 1.29 is 19.1 Å². The standard InChI is InChI=1S/C21H23N5O4/c1-13(2)26-17-8-7-15(9-16(17)18(22-6)24-26)25-11-14(10-23-25)19(27)29-12-30-20(28)21(3,4)5/h7-11,13H,12H2,1-5H3. The van der Waals surface area contributed by atoms with Crippen molar-refractivity contribution in [1.82, 2.24) is 19.6 Å². The van der Waals surface area contributed by atoms with Crippen LogP contribution in [0.15, 0.2) is 30.6 Å². The minimum atomic E-state index is -0.677. The molecule has 0 spiro atoms. The Kier molecular flexibility index (Phi) is 5.60. The van der Waals surface area contributed by atoms with Gasteiger partial charge in [0.2, 0.25) is 6.79 Å².